The number of halogens is 4. The van der Waals surface area contributed by atoms with Gasteiger partial charge >= 0.3 is 6.18 Å². The predicted molar refractivity (Wildman–Crippen MR) is 84.4 cm³/mol. The fourth-order valence-electron chi connectivity index (χ4n) is 2.03. The Morgan fingerprint density at radius 3 is 2.52 bits per heavy atom. The molecule has 2 aromatic rings. The molecule has 10 heteroatoms. The fourth-order valence-corrected chi connectivity index (χ4v) is 2.20. The summed E-state index contributed by atoms with van der Waals surface area (Å²) in [5.41, 5.74) is -1.54. The average Bonchev–Trinajstić information content (AvgIpc) is 2.91. The number of rotatable bonds is 4. The highest BCUT2D eigenvalue weighted by Crippen LogP contribution is 2.36. The molecule has 0 saturated carbocycles. The van der Waals surface area contributed by atoms with E-state index in [2.05, 4.69) is 10.5 Å². The maximum absolute atomic E-state index is 13.0. The third-order valence-electron chi connectivity index (χ3n) is 3.14. The molecular weight excluding hydrogens is 363 g/mol. The second-order valence-corrected chi connectivity index (χ2v) is 5.57. The lowest BCUT2D eigenvalue weighted by atomic mass is 10.1. The number of carbonyl (C=O) groups excluding carboxylic acids is 2. The molecule has 134 valence electrons. The Kier molecular flexibility index (Phi) is 5.36. The van der Waals surface area contributed by atoms with Crippen molar-refractivity contribution < 1.29 is 27.3 Å². The van der Waals surface area contributed by atoms with Crippen LogP contribution < -0.4 is 10.2 Å². The summed E-state index contributed by atoms with van der Waals surface area (Å²) in [5, 5.41) is 5.64. The van der Waals surface area contributed by atoms with Gasteiger partial charge in [-0.2, -0.15) is 13.2 Å². The Balaban J connectivity index is 2.21. The first kappa shape index (κ1) is 18.8. The largest absolute Gasteiger partial charge is 0.418 e. The van der Waals surface area contributed by atoms with Gasteiger partial charge in [0.2, 0.25) is 11.8 Å². The second kappa shape index (κ2) is 7.14. The Hall–Kier alpha value is -2.55. The summed E-state index contributed by atoms with van der Waals surface area (Å²) in [7, 11) is 0. The highest BCUT2D eigenvalue weighted by atomic mass is 35.5. The minimum Gasteiger partial charge on any atom is -0.360 e. The van der Waals surface area contributed by atoms with E-state index in [-0.39, 0.29) is 10.8 Å². The van der Waals surface area contributed by atoms with E-state index in [4.69, 9.17) is 16.1 Å². The summed E-state index contributed by atoms with van der Waals surface area (Å²) in [6.45, 7) is 2.26. The summed E-state index contributed by atoms with van der Waals surface area (Å²) in [6, 6.07) is 4.40. The number of benzene rings is 1. The first-order valence-electron chi connectivity index (χ1n) is 6.96. The zero-order valence-corrected chi connectivity index (χ0v) is 13.9. The van der Waals surface area contributed by atoms with E-state index in [1.165, 1.54) is 19.1 Å². The van der Waals surface area contributed by atoms with Crippen molar-refractivity contribution in [2.75, 3.05) is 16.8 Å². The first-order valence-corrected chi connectivity index (χ1v) is 7.33. The van der Waals surface area contributed by atoms with Gasteiger partial charge in [-0.25, -0.2) is 0 Å². The van der Waals surface area contributed by atoms with Crippen molar-refractivity contribution in [1.29, 1.82) is 0 Å². The highest BCUT2D eigenvalue weighted by molar-refractivity contribution is 6.30. The maximum atomic E-state index is 13.0. The van der Waals surface area contributed by atoms with Gasteiger partial charge in [0.25, 0.3) is 0 Å². The Morgan fingerprint density at radius 2 is 2.00 bits per heavy atom. The third kappa shape index (κ3) is 4.72. The summed E-state index contributed by atoms with van der Waals surface area (Å²) in [4.78, 5) is 24.8. The van der Waals surface area contributed by atoms with Crippen LogP contribution >= 0.6 is 11.6 Å². The quantitative estimate of drug-likeness (QED) is 0.885. The number of hydrogen-bond acceptors (Lipinski definition) is 4. The number of aromatic nitrogens is 1. The molecule has 0 unspecified atom stereocenters. The molecule has 25 heavy (non-hydrogen) atoms. The van der Waals surface area contributed by atoms with Crippen molar-refractivity contribution >= 4 is 34.9 Å². The molecule has 0 spiro atoms. The van der Waals surface area contributed by atoms with E-state index >= 15 is 0 Å². The van der Waals surface area contributed by atoms with Crippen LogP contribution in [0, 0.1) is 6.92 Å². The van der Waals surface area contributed by atoms with Crippen molar-refractivity contribution in [3.63, 3.8) is 0 Å². The number of anilines is 2. The third-order valence-corrected chi connectivity index (χ3v) is 3.37. The summed E-state index contributed by atoms with van der Waals surface area (Å²) < 4.78 is 44.0. The van der Waals surface area contributed by atoms with Gasteiger partial charge in [0.15, 0.2) is 5.82 Å². The molecule has 1 heterocycles. The minimum absolute atomic E-state index is 0.0901. The normalized spacial score (nSPS) is 11.3. The summed E-state index contributed by atoms with van der Waals surface area (Å²) in [5.74, 6) is -0.842. The standard InChI is InChI=1S/C15H13ClF3N3O3/c1-8-5-13(21-25-8)22(9(2)23)7-14(24)20-12-4-3-10(16)6-11(12)15(17,18)19/h3-6H,7H2,1-2H3,(H,20,24). The Bertz CT molecular complexity index is 805. The maximum Gasteiger partial charge on any atom is 0.418 e. The van der Waals surface area contributed by atoms with Gasteiger partial charge in [0, 0.05) is 18.0 Å². The van der Waals surface area contributed by atoms with E-state index in [0.717, 1.165) is 11.0 Å². The second-order valence-electron chi connectivity index (χ2n) is 5.14. The van der Waals surface area contributed by atoms with E-state index in [9.17, 15) is 22.8 Å². The molecule has 1 aromatic carbocycles. The molecule has 0 aliphatic rings. The van der Waals surface area contributed by atoms with Crippen LogP contribution in [0.3, 0.4) is 0 Å². The van der Waals surface area contributed by atoms with Crippen LogP contribution in [0.2, 0.25) is 5.02 Å². The Morgan fingerprint density at radius 1 is 1.32 bits per heavy atom. The van der Waals surface area contributed by atoms with Crippen molar-refractivity contribution in [1.82, 2.24) is 5.16 Å². The van der Waals surface area contributed by atoms with Crippen LogP contribution in [0.5, 0.6) is 0 Å². The Labute approximate surface area is 145 Å². The monoisotopic (exact) mass is 375 g/mol. The molecule has 6 nitrogen and oxygen atoms in total. The predicted octanol–water partition coefficient (Wildman–Crippen LogP) is 3.65. The van der Waals surface area contributed by atoms with E-state index in [0.29, 0.717) is 11.8 Å². The number of nitrogens with zero attached hydrogens (tertiary/aromatic N) is 2. The van der Waals surface area contributed by atoms with Crippen LogP contribution in [0.15, 0.2) is 28.8 Å². The van der Waals surface area contributed by atoms with Gasteiger partial charge < -0.3 is 9.84 Å². The minimum atomic E-state index is -4.70. The van der Waals surface area contributed by atoms with Crippen LogP contribution in [0.25, 0.3) is 0 Å². The van der Waals surface area contributed by atoms with Gasteiger partial charge in [-0.1, -0.05) is 16.8 Å². The zero-order chi connectivity index (χ0) is 18.8. The van der Waals surface area contributed by atoms with Crippen LogP contribution in [-0.4, -0.2) is 23.5 Å². The molecule has 0 radical (unpaired) electrons. The molecule has 0 aliphatic carbocycles. The fraction of sp³-hybridized carbons (Fsp3) is 0.267. The van der Waals surface area contributed by atoms with Crippen LogP contribution in [0.4, 0.5) is 24.7 Å². The summed E-state index contributed by atoms with van der Waals surface area (Å²) in [6.07, 6.45) is -4.70. The topological polar surface area (TPSA) is 75.4 Å². The van der Waals surface area contributed by atoms with Crippen LogP contribution in [-0.2, 0) is 15.8 Å². The van der Waals surface area contributed by atoms with Gasteiger partial charge in [-0.15, -0.1) is 0 Å². The van der Waals surface area contributed by atoms with Gasteiger partial charge in [-0.05, 0) is 25.1 Å². The average molecular weight is 376 g/mol. The van der Waals surface area contributed by atoms with Gasteiger partial charge in [-0.3, -0.25) is 14.5 Å². The van der Waals surface area contributed by atoms with Crippen molar-refractivity contribution in [3.05, 3.63) is 40.6 Å². The molecule has 0 fully saturated rings. The number of amides is 2. The van der Waals surface area contributed by atoms with E-state index in [1.54, 1.807) is 6.92 Å². The highest BCUT2D eigenvalue weighted by Gasteiger charge is 2.34. The molecule has 1 N–H and O–H groups in total. The molecule has 0 bridgehead atoms. The number of alkyl halides is 3. The SMILES string of the molecule is CC(=O)N(CC(=O)Nc1ccc(Cl)cc1C(F)(F)F)c1cc(C)on1. The van der Waals surface area contributed by atoms with Gasteiger partial charge in [0.1, 0.15) is 12.3 Å². The molecular formula is C15H13ClF3N3O3. The lowest BCUT2D eigenvalue weighted by Gasteiger charge is -2.18. The number of carbonyl (C=O) groups is 2. The molecule has 2 rings (SSSR count). The van der Waals surface area contributed by atoms with Crippen molar-refractivity contribution in [2.45, 2.75) is 20.0 Å². The van der Waals surface area contributed by atoms with Crippen molar-refractivity contribution in [2.24, 2.45) is 0 Å². The lowest BCUT2D eigenvalue weighted by molar-refractivity contribution is -0.137. The first-order chi connectivity index (χ1) is 11.6. The number of nitrogens with one attached hydrogen (secondary N) is 1. The number of aryl methyl sites for hydroxylation is 1. The summed E-state index contributed by atoms with van der Waals surface area (Å²) >= 11 is 5.58. The number of hydrogen-bond donors (Lipinski definition) is 1. The smallest absolute Gasteiger partial charge is 0.360 e. The molecule has 0 aliphatic heterocycles. The lowest BCUT2D eigenvalue weighted by Crippen LogP contribution is -2.37. The molecule has 0 saturated heterocycles. The molecule has 1 aromatic heterocycles. The van der Waals surface area contributed by atoms with Gasteiger partial charge in [0.05, 0.1) is 11.3 Å². The van der Waals surface area contributed by atoms with E-state index < -0.39 is 35.8 Å². The van der Waals surface area contributed by atoms with E-state index in [1.807, 2.05) is 0 Å². The zero-order valence-electron chi connectivity index (χ0n) is 13.1. The van der Waals surface area contributed by atoms with Crippen LogP contribution in [0.1, 0.15) is 18.2 Å². The molecule has 2 amide bonds. The molecule has 0 atom stereocenters. The van der Waals surface area contributed by atoms with Crippen molar-refractivity contribution in [3.8, 4) is 0 Å².